The molecule has 4 N–H and O–H groups in total. The minimum absolute atomic E-state index is 0.211. The molecule has 15 heavy (non-hydrogen) atoms. The summed E-state index contributed by atoms with van der Waals surface area (Å²) >= 11 is 0. The Morgan fingerprint density at radius 3 is 2.53 bits per heavy atom. The maximum absolute atomic E-state index is 11.9. The molecule has 0 aromatic carbocycles. The fraction of sp³-hybridized carbons (Fsp3) is 0.625. The number of hydrogen-bond acceptors (Lipinski definition) is 4. The first-order chi connectivity index (χ1) is 6.88. The van der Waals surface area contributed by atoms with E-state index in [0.29, 0.717) is 11.4 Å². The molecule has 0 amide bonds. The SMILES string of the molecule is Cc1n[nH]c(C)c1S(=O)(=O)NC(C)CN. The fourth-order valence-electron chi connectivity index (χ4n) is 1.31. The van der Waals surface area contributed by atoms with Crippen LogP contribution in [0.5, 0.6) is 0 Å². The summed E-state index contributed by atoms with van der Waals surface area (Å²) in [7, 11) is -3.51. The molecular formula is C8H16N4O2S. The van der Waals surface area contributed by atoms with E-state index in [2.05, 4.69) is 14.9 Å². The second-order valence-corrected chi connectivity index (χ2v) is 5.17. The summed E-state index contributed by atoms with van der Waals surface area (Å²) < 4.78 is 26.2. The highest BCUT2D eigenvalue weighted by Gasteiger charge is 2.23. The topological polar surface area (TPSA) is 101 Å². The Bertz CT molecular complexity index is 418. The van der Waals surface area contributed by atoms with Crippen molar-refractivity contribution in [3.63, 3.8) is 0 Å². The molecule has 1 atom stereocenters. The molecule has 0 saturated carbocycles. The number of rotatable bonds is 4. The molecular weight excluding hydrogens is 216 g/mol. The standard InChI is InChI=1S/C8H16N4O2S/c1-5(4-9)12-15(13,14)8-6(2)10-11-7(8)3/h5,12H,4,9H2,1-3H3,(H,10,11). The number of nitrogens with one attached hydrogen (secondary N) is 2. The summed E-state index contributed by atoms with van der Waals surface area (Å²) in [5, 5.41) is 6.47. The number of hydrogen-bond donors (Lipinski definition) is 3. The van der Waals surface area contributed by atoms with Crippen molar-refractivity contribution in [2.75, 3.05) is 6.54 Å². The Labute approximate surface area is 89.3 Å². The van der Waals surface area contributed by atoms with Crippen molar-refractivity contribution in [2.45, 2.75) is 31.7 Å². The number of aryl methyl sites for hydroxylation is 2. The van der Waals surface area contributed by atoms with Crippen LogP contribution in [0.4, 0.5) is 0 Å². The Hall–Kier alpha value is -0.920. The average Bonchev–Trinajstić information content (AvgIpc) is 2.45. The molecule has 7 heteroatoms. The summed E-state index contributed by atoms with van der Waals surface area (Å²) in [6, 6.07) is -0.288. The molecule has 1 aromatic rings. The lowest BCUT2D eigenvalue weighted by molar-refractivity contribution is 0.561. The van der Waals surface area contributed by atoms with Crippen molar-refractivity contribution in [1.82, 2.24) is 14.9 Å². The molecule has 0 aliphatic rings. The normalized spacial score (nSPS) is 14.1. The van der Waals surface area contributed by atoms with Crippen molar-refractivity contribution in [3.8, 4) is 0 Å². The third-order valence-corrected chi connectivity index (χ3v) is 3.89. The predicted octanol–water partition coefficient (Wildman–Crippen LogP) is -0.348. The van der Waals surface area contributed by atoms with Gasteiger partial charge in [-0.1, -0.05) is 0 Å². The molecule has 1 heterocycles. The number of aromatic amines is 1. The summed E-state index contributed by atoms with van der Waals surface area (Å²) in [6.45, 7) is 5.28. The van der Waals surface area contributed by atoms with Crippen LogP contribution in [0.25, 0.3) is 0 Å². The zero-order valence-electron chi connectivity index (χ0n) is 9.03. The van der Waals surface area contributed by atoms with E-state index in [4.69, 9.17) is 5.73 Å². The second-order valence-electron chi connectivity index (χ2n) is 3.52. The lowest BCUT2D eigenvalue weighted by Crippen LogP contribution is -2.38. The van der Waals surface area contributed by atoms with Gasteiger partial charge in [0.25, 0.3) is 0 Å². The van der Waals surface area contributed by atoms with Gasteiger partial charge in [-0.05, 0) is 20.8 Å². The third kappa shape index (κ3) is 2.55. The second kappa shape index (κ2) is 4.30. The molecule has 1 unspecified atom stereocenters. The van der Waals surface area contributed by atoms with E-state index in [1.165, 1.54) is 0 Å². The smallest absolute Gasteiger partial charge is 0.244 e. The lowest BCUT2D eigenvalue weighted by atomic mass is 10.4. The van der Waals surface area contributed by atoms with Gasteiger partial charge in [0, 0.05) is 12.6 Å². The zero-order valence-corrected chi connectivity index (χ0v) is 9.85. The van der Waals surface area contributed by atoms with Gasteiger partial charge in [-0.15, -0.1) is 0 Å². The molecule has 0 aliphatic carbocycles. The van der Waals surface area contributed by atoms with Gasteiger partial charge >= 0.3 is 0 Å². The van der Waals surface area contributed by atoms with Gasteiger partial charge in [0.05, 0.1) is 11.4 Å². The monoisotopic (exact) mass is 232 g/mol. The van der Waals surface area contributed by atoms with E-state index in [1.807, 2.05) is 0 Å². The van der Waals surface area contributed by atoms with E-state index in [1.54, 1.807) is 20.8 Å². The van der Waals surface area contributed by atoms with Crippen LogP contribution >= 0.6 is 0 Å². The van der Waals surface area contributed by atoms with Gasteiger partial charge in [0.1, 0.15) is 4.90 Å². The molecule has 0 fully saturated rings. The largest absolute Gasteiger partial charge is 0.329 e. The van der Waals surface area contributed by atoms with Gasteiger partial charge in [0.15, 0.2) is 0 Å². The quantitative estimate of drug-likeness (QED) is 0.660. The fourth-order valence-corrected chi connectivity index (χ4v) is 2.94. The van der Waals surface area contributed by atoms with Gasteiger partial charge in [-0.25, -0.2) is 13.1 Å². The summed E-state index contributed by atoms with van der Waals surface area (Å²) in [5.41, 5.74) is 6.35. The maximum atomic E-state index is 11.9. The van der Waals surface area contributed by atoms with E-state index in [-0.39, 0.29) is 17.5 Å². The highest BCUT2D eigenvalue weighted by molar-refractivity contribution is 7.89. The van der Waals surface area contributed by atoms with Gasteiger partial charge < -0.3 is 5.73 Å². The average molecular weight is 232 g/mol. The van der Waals surface area contributed by atoms with E-state index in [0.717, 1.165) is 0 Å². The van der Waals surface area contributed by atoms with Crippen LogP contribution in [-0.4, -0.2) is 31.2 Å². The zero-order chi connectivity index (χ0) is 11.6. The van der Waals surface area contributed by atoms with Crippen molar-refractivity contribution in [1.29, 1.82) is 0 Å². The first-order valence-electron chi connectivity index (χ1n) is 4.62. The Morgan fingerprint density at radius 2 is 2.13 bits per heavy atom. The number of nitrogens with two attached hydrogens (primary N) is 1. The highest BCUT2D eigenvalue weighted by atomic mass is 32.2. The Morgan fingerprint density at radius 1 is 1.53 bits per heavy atom. The van der Waals surface area contributed by atoms with Crippen LogP contribution < -0.4 is 10.5 Å². The molecule has 1 rings (SSSR count). The van der Waals surface area contributed by atoms with Crippen molar-refractivity contribution < 1.29 is 8.42 Å². The number of sulfonamides is 1. The molecule has 86 valence electrons. The van der Waals surface area contributed by atoms with Gasteiger partial charge in [-0.2, -0.15) is 5.10 Å². The van der Waals surface area contributed by atoms with Crippen molar-refractivity contribution in [3.05, 3.63) is 11.4 Å². The van der Waals surface area contributed by atoms with Crippen LogP contribution in [0.3, 0.4) is 0 Å². The molecule has 6 nitrogen and oxygen atoms in total. The first-order valence-corrected chi connectivity index (χ1v) is 6.10. The van der Waals surface area contributed by atoms with Crippen molar-refractivity contribution in [2.24, 2.45) is 5.73 Å². The maximum Gasteiger partial charge on any atom is 0.244 e. The summed E-state index contributed by atoms with van der Waals surface area (Å²) in [6.07, 6.45) is 0. The van der Waals surface area contributed by atoms with Crippen LogP contribution in [0.2, 0.25) is 0 Å². The first kappa shape index (κ1) is 12.2. The number of nitrogens with zero attached hydrogens (tertiary/aromatic N) is 1. The minimum Gasteiger partial charge on any atom is -0.329 e. The third-order valence-electron chi connectivity index (χ3n) is 2.04. The molecule has 0 aliphatic heterocycles. The number of H-pyrrole nitrogens is 1. The minimum atomic E-state index is -3.51. The summed E-state index contributed by atoms with van der Waals surface area (Å²) in [4.78, 5) is 0.211. The van der Waals surface area contributed by atoms with Crippen molar-refractivity contribution >= 4 is 10.0 Å². The lowest BCUT2D eigenvalue weighted by Gasteiger charge is -2.11. The molecule has 0 spiro atoms. The highest BCUT2D eigenvalue weighted by Crippen LogP contribution is 2.16. The molecule has 0 bridgehead atoms. The molecule has 1 aromatic heterocycles. The van der Waals surface area contributed by atoms with Crippen LogP contribution in [0.1, 0.15) is 18.3 Å². The van der Waals surface area contributed by atoms with Gasteiger partial charge in [-0.3, -0.25) is 5.10 Å². The van der Waals surface area contributed by atoms with Crippen LogP contribution in [0.15, 0.2) is 4.90 Å². The molecule has 0 saturated heterocycles. The predicted molar refractivity (Wildman–Crippen MR) is 56.9 cm³/mol. The van der Waals surface area contributed by atoms with Crippen LogP contribution in [-0.2, 0) is 10.0 Å². The summed E-state index contributed by atoms with van der Waals surface area (Å²) in [5.74, 6) is 0. The van der Waals surface area contributed by atoms with Crippen LogP contribution in [0, 0.1) is 13.8 Å². The Balaban J connectivity index is 3.07. The van der Waals surface area contributed by atoms with E-state index in [9.17, 15) is 8.42 Å². The van der Waals surface area contributed by atoms with E-state index < -0.39 is 10.0 Å². The molecule has 0 radical (unpaired) electrons. The Kier molecular flexibility index (Phi) is 3.48. The number of aromatic nitrogens is 2. The van der Waals surface area contributed by atoms with Gasteiger partial charge in [0.2, 0.25) is 10.0 Å². The van der Waals surface area contributed by atoms with E-state index >= 15 is 0 Å².